The Hall–Kier alpha value is -0.120. The van der Waals surface area contributed by atoms with Crippen LogP contribution in [-0.4, -0.2) is 74.1 Å². The van der Waals surface area contributed by atoms with E-state index in [1.54, 1.807) is 0 Å². The maximum atomic E-state index is 2.67. The number of likely N-dealkylation sites (tertiary alicyclic amines) is 1. The van der Waals surface area contributed by atoms with Gasteiger partial charge in [0.25, 0.3) is 0 Å². The van der Waals surface area contributed by atoms with E-state index in [1.807, 2.05) is 13.8 Å². The van der Waals surface area contributed by atoms with Crippen molar-refractivity contribution in [3.63, 3.8) is 0 Å². The third kappa shape index (κ3) is 6.55. The van der Waals surface area contributed by atoms with E-state index in [0.717, 1.165) is 5.92 Å². The lowest BCUT2D eigenvalue weighted by atomic mass is 9.92. The standard InChI is InChI=1S/C15H31N3.C2H6/c1-3-17-11-13-18(14-12-17)8-4-5-15-6-9-16(2)10-7-15;1-2/h15H,3-14H2,1-2H3;1-2H3. The number of likely N-dealkylation sites (N-methyl/N-ethyl adjacent to an activating group) is 1. The molecule has 20 heavy (non-hydrogen) atoms. The van der Waals surface area contributed by atoms with Gasteiger partial charge < -0.3 is 14.7 Å². The summed E-state index contributed by atoms with van der Waals surface area (Å²) in [5, 5.41) is 0. The Labute approximate surface area is 127 Å². The number of piperidine rings is 1. The molecule has 2 aliphatic rings. The molecule has 2 aliphatic heterocycles. The molecule has 0 unspecified atom stereocenters. The average molecular weight is 284 g/mol. The predicted octanol–water partition coefficient (Wildman–Crippen LogP) is 2.77. The molecular formula is C17H37N3. The van der Waals surface area contributed by atoms with Crippen LogP contribution in [0.4, 0.5) is 0 Å². The van der Waals surface area contributed by atoms with Crippen molar-refractivity contribution in [1.82, 2.24) is 14.7 Å². The number of rotatable bonds is 5. The van der Waals surface area contributed by atoms with Crippen LogP contribution in [0.25, 0.3) is 0 Å². The lowest BCUT2D eigenvalue weighted by Gasteiger charge is -2.34. The van der Waals surface area contributed by atoms with Gasteiger partial charge in [-0.25, -0.2) is 0 Å². The second-order valence-electron chi connectivity index (χ2n) is 6.16. The summed E-state index contributed by atoms with van der Waals surface area (Å²) in [7, 11) is 2.25. The molecule has 0 aromatic heterocycles. The van der Waals surface area contributed by atoms with Gasteiger partial charge in [-0.1, -0.05) is 20.8 Å². The van der Waals surface area contributed by atoms with E-state index in [0.29, 0.717) is 0 Å². The maximum absolute atomic E-state index is 2.67. The topological polar surface area (TPSA) is 9.72 Å². The van der Waals surface area contributed by atoms with Gasteiger partial charge in [0, 0.05) is 26.2 Å². The quantitative estimate of drug-likeness (QED) is 0.768. The van der Waals surface area contributed by atoms with Crippen molar-refractivity contribution in [3.8, 4) is 0 Å². The molecule has 0 aromatic rings. The Kier molecular flexibility index (Phi) is 9.49. The van der Waals surface area contributed by atoms with Crippen molar-refractivity contribution in [3.05, 3.63) is 0 Å². The van der Waals surface area contributed by atoms with Crippen LogP contribution in [0.3, 0.4) is 0 Å². The zero-order valence-electron chi connectivity index (χ0n) is 14.4. The molecular weight excluding hydrogens is 246 g/mol. The Morgan fingerprint density at radius 3 is 1.95 bits per heavy atom. The highest BCUT2D eigenvalue weighted by atomic mass is 15.3. The van der Waals surface area contributed by atoms with E-state index in [2.05, 4.69) is 28.7 Å². The summed E-state index contributed by atoms with van der Waals surface area (Å²) in [6.07, 6.45) is 5.74. The monoisotopic (exact) mass is 283 g/mol. The van der Waals surface area contributed by atoms with Gasteiger partial charge in [0.15, 0.2) is 0 Å². The highest BCUT2D eigenvalue weighted by Crippen LogP contribution is 2.21. The first-order valence-electron chi connectivity index (χ1n) is 8.91. The molecule has 2 heterocycles. The van der Waals surface area contributed by atoms with Gasteiger partial charge in [0.05, 0.1) is 0 Å². The van der Waals surface area contributed by atoms with Gasteiger partial charge in [-0.2, -0.15) is 0 Å². The third-order valence-electron chi connectivity index (χ3n) is 4.84. The Morgan fingerprint density at radius 1 is 0.850 bits per heavy atom. The van der Waals surface area contributed by atoms with Crippen molar-refractivity contribution < 1.29 is 0 Å². The van der Waals surface area contributed by atoms with Gasteiger partial charge in [-0.15, -0.1) is 0 Å². The first kappa shape index (κ1) is 17.9. The van der Waals surface area contributed by atoms with Crippen LogP contribution in [0.15, 0.2) is 0 Å². The van der Waals surface area contributed by atoms with Crippen molar-refractivity contribution in [2.24, 2.45) is 5.92 Å². The van der Waals surface area contributed by atoms with Gasteiger partial charge in [-0.05, 0) is 64.8 Å². The highest BCUT2D eigenvalue weighted by molar-refractivity contribution is 4.73. The second-order valence-corrected chi connectivity index (χ2v) is 6.16. The molecule has 0 bridgehead atoms. The fraction of sp³-hybridized carbons (Fsp3) is 1.00. The SMILES string of the molecule is CC.CCN1CCN(CCCC2CCN(C)CC2)CC1. The van der Waals surface area contributed by atoms with E-state index in [4.69, 9.17) is 0 Å². The van der Waals surface area contributed by atoms with E-state index >= 15 is 0 Å². The lowest BCUT2D eigenvalue weighted by molar-refractivity contribution is 0.131. The molecule has 0 atom stereocenters. The van der Waals surface area contributed by atoms with Crippen molar-refractivity contribution in [2.45, 2.75) is 46.5 Å². The minimum absolute atomic E-state index is 1.01. The summed E-state index contributed by atoms with van der Waals surface area (Å²) in [6.45, 7) is 16.6. The minimum Gasteiger partial charge on any atom is -0.306 e. The molecule has 3 heteroatoms. The minimum atomic E-state index is 1.01. The lowest BCUT2D eigenvalue weighted by Crippen LogP contribution is -2.46. The fourth-order valence-corrected chi connectivity index (χ4v) is 3.28. The van der Waals surface area contributed by atoms with Crippen molar-refractivity contribution >= 4 is 0 Å². The zero-order valence-corrected chi connectivity index (χ0v) is 14.4. The molecule has 0 spiro atoms. The molecule has 2 rings (SSSR count). The number of hydrogen-bond donors (Lipinski definition) is 0. The molecule has 2 fully saturated rings. The van der Waals surface area contributed by atoms with Crippen LogP contribution >= 0.6 is 0 Å². The zero-order chi connectivity index (χ0) is 14.8. The summed E-state index contributed by atoms with van der Waals surface area (Å²) in [5.41, 5.74) is 0. The van der Waals surface area contributed by atoms with Crippen LogP contribution in [0.5, 0.6) is 0 Å². The number of piperazine rings is 1. The van der Waals surface area contributed by atoms with Gasteiger partial charge in [-0.3, -0.25) is 0 Å². The molecule has 0 saturated carbocycles. The predicted molar refractivity (Wildman–Crippen MR) is 89.4 cm³/mol. The molecule has 0 N–H and O–H groups in total. The molecule has 0 aliphatic carbocycles. The van der Waals surface area contributed by atoms with E-state index < -0.39 is 0 Å². The van der Waals surface area contributed by atoms with Crippen LogP contribution < -0.4 is 0 Å². The van der Waals surface area contributed by atoms with Crippen molar-refractivity contribution in [2.75, 3.05) is 59.4 Å². The number of hydrogen-bond acceptors (Lipinski definition) is 3. The van der Waals surface area contributed by atoms with Crippen LogP contribution in [-0.2, 0) is 0 Å². The Bertz CT molecular complexity index is 216. The Balaban J connectivity index is 0.000000956. The molecule has 0 radical (unpaired) electrons. The van der Waals surface area contributed by atoms with Gasteiger partial charge in [0.2, 0.25) is 0 Å². The molecule has 3 nitrogen and oxygen atoms in total. The smallest absolute Gasteiger partial charge is 0.0110 e. The Morgan fingerprint density at radius 2 is 1.40 bits per heavy atom. The average Bonchev–Trinajstić information content (AvgIpc) is 2.52. The summed E-state index contributed by atoms with van der Waals surface area (Å²) in [5.74, 6) is 1.01. The van der Waals surface area contributed by atoms with Crippen LogP contribution in [0.1, 0.15) is 46.5 Å². The summed E-state index contributed by atoms with van der Waals surface area (Å²) < 4.78 is 0. The van der Waals surface area contributed by atoms with Crippen molar-refractivity contribution in [1.29, 1.82) is 0 Å². The van der Waals surface area contributed by atoms with E-state index in [1.165, 1.54) is 78.0 Å². The first-order chi connectivity index (χ1) is 9.78. The number of nitrogens with zero attached hydrogens (tertiary/aromatic N) is 3. The summed E-state index contributed by atoms with van der Waals surface area (Å²) in [6, 6.07) is 0. The molecule has 0 amide bonds. The van der Waals surface area contributed by atoms with Gasteiger partial charge >= 0.3 is 0 Å². The maximum Gasteiger partial charge on any atom is 0.0110 e. The van der Waals surface area contributed by atoms with Gasteiger partial charge in [0.1, 0.15) is 0 Å². The normalized spacial score (nSPS) is 23.4. The summed E-state index contributed by atoms with van der Waals surface area (Å²) >= 11 is 0. The third-order valence-corrected chi connectivity index (χ3v) is 4.84. The summed E-state index contributed by atoms with van der Waals surface area (Å²) in [4.78, 5) is 7.70. The van der Waals surface area contributed by atoms with E-state index in [9.17, 15) is 0 Å². The van der Waals surface area contributed by atoms with E-state index in [-0.39, 0.29) is 0 Å². The first-order valence-corrected chi connectivity index (χ1v) is 8.91. The molecule has 120 valence electrons. The second kappa shape index (κ2) is 10.6. The highest BCUT2D eigenvalue weighted by Gasteiger charge is 2.18. The molecule has 2 saturated heterocycles. The largest absolute Gasteiger partial charge is 0.306 e. The van der Waals surface area contributed by atoms with Crippen LogP contribution in [0.2, 0.25) is 0 Å². The van der Waals surface area contributed by atoms with Crippen LogP contribution in [0, 0.1) is 5.92 Å². The molecule has 0 aromatic carbocycles. The fourth-order valence-electron chi connectivity index (χ4n) is 3.28.